The lowest BCUT2D eigenvalue weighted by molar-refractivity contribution is 0.149. The number of nitrogens with zero attached hydrogens (tertiary/aromatic N) is 2. The molecule has 0 aliphatic carbocycles. The minimum Gasteiger partial charge on any atom is -0.381 e. The van der Waals surface area contributed by atoms with Crippen LogP contribution in [-0.4, -0.2) is 47.4 Å². The van der Waals surface area contributed by atoms with Gasteiger partial charge < -0.3 is 14.6 Å². The van der Waals surface area contributed by atoms with Gasteiger partial charge in [-0.05, 0) is 19.9 Å². The average molecular weight is 285 g/mol. The molecule has 2 heterocycles. The van der Waals surface area contributed by atoms with E-state index in [0.29, 0.717) is 18.6 Å². The molecule has 2 unspecified atom stereocenters. The summed E-state index contributed by atoms with van der Waals surface area (Å²) in [5.41, 5.74) is 0. The highest BCUT2D eigenvalue weighted by Crippen LogP contribution is 2.31. The second kappa shape index (κ2) is 7.87. The van der Waals surface area contributed by atoms with Crippen molar-refractivity contribution in [3.05, 3.63) is 11.7 Å². The van der Waals surface area contributed by atoms with E-state index in [1.165, 1.54) is 0 Å². The number of ether oxygens (including phenoxy) is 1. The van der Waals surface area contributed by atoms with Crippen LogP contribution in [0.1, 0.15) is 37.9 Å². The van der Waals surface area contributed by atoms with E-state index in [4.69, 9.17) is 9.26 Å². The summed E-state index contributed by atoms with van der Waals surface area (Å²) in [6.45, 7) is 6.61. The van der Waals surface area contributed by atoms with E-state index in [1.807, 2.05) is 18.7 Å². The summed E-state index contributed by atoms with van der Waals surface area (Å²) in [4.78, 5) is 4.51. The lowest BCUT2D eigenvalue weighted by Gasteiger charge is -2.16. The van der Waals surface area contributed by atoms with Crippen LogP contribution >= 0.6 is 11.8 Å². The predicted octanol–water partition coefficient (Wildman–Crippen LogP) is 1.85. The van der Waals surface area contributed by atoms with Gasteiger partial charge in [-0.2, -0.15) is 16.7 Å². The number of hydrogen-bond donors (Lipinski definition) is 1. The third-order valence-electron chi connectivity index (χ3n) is 3.21. The van der Waals surface area contributed by atoms with E-state index in [1.54, 1.807) is 0 Å². The number of nitrogens with one attached hydrogen (secondary N) is 1. The first-order valence-corrected chi connectivity index (χ1v) is 8.22. The highest BCUT2D eigenvalue weighted by molar-refractivity contribution is 7.99. The zero-order chi connectivity index (χ0) is 13.5. The standard InChI is InChI=1S/C13H23N3O2S/c1-3-6-14-11-9-19-8-10(11)13-15-12(16-18-13)5-7-17-4-2/h10-11,14H,3-9H2,1-2H3. The van der Waals surface area contributed by atoms with Crippen LogP contribution in [0.4, 0.5) is 0 Å². The molecule has 5 nitrogen and oxygen atoms in total. The molecule has 19 heavy (non-hydrogen) atoms. The van der Waals surface area contributed by atoms with Gasteiger partial charge in [0.25, 0.3) is 0 Å². The molecule has 1 N–H and O–H groups in total. The van der Waals surface area contributed by atoms with Gasteiger partial charge in [-0.3, -0.25) is 0 Å². The third-order valence-corrected chi connectivity index (χ3v) is 4.40. The molecule has 108 valence electrons. The summed E-state index contributed by atoms with van der Waals surface area (Å²) in [6.07, 6.45) is 1.88. The lowest BCUT2D eigenvalue weighted by atomic mass is 10.0. The second-order valence-corrected chi connectivity index (χ2v) is 5.78. The molecule has 1 aliphatic rings. The van der Waals surface area contributed by atoms with Crippen LogP contribution in [0, 0.1) is 0 Å². The van der Waals surface area contributed by atoms with Gasteiger partial charge in [0.05, 0.1) is 12.5 Å². The van der Waals surface area contributed by atoms with Gasteiger partial charge in [0.2, 0.25) is 5.89 Å². The Morgan fingerprint density at radius 2 is 2.32 bits per heavy atom. The Labute approximate surface area is 118 Å². The molecule has 6 heteroatoms. The monoisotopic (exact) mass is 285 g/mol. The Kier molecular flexibility index (Phi) is 6.13. The number of rotatable bonds is 8. The maximum absolute atomic E-state index is 5.42. The van der Waals surface area contributed by atoms with Crippen LogP contribution in [0.5, 0.6) is 0 Å². The molecule has 1 aliphatic heterocycles. The van der Waals surface area contributed by atoms with Gasteiger partial charge in [0, 0.05) is 30.6 Å². The van der Waals surface area contributed by atoms with Crippen molar-refractivity contribution in [3.63, 3.8) is 0 Å². The molecular formula is C13H23N3O2S. The summed E-state index contributed by atoms with van der Waals surface area (Å²) in [5.74, 6) is 4.08. The minimum atomic E-state index is 0.352. The Balaban J connectivity index is 1.89. The van der Waals surface area contributed by atoms with Crippen LogP contribution < -0.4 is 5.32 Å². The lowest BCUT2D eigenvalue weighted by Crippen LogP contribution is -2.34. The molecule has 0 amide bonds. The molecule has 1 saturated heterocycles. The molecule has 2 atom stereocenters. The van der Waals surface area contributed by atoms with Crippen molar-refractivity contribution in [2.75, 3.05) is 31.3 Å². The summed E-state index contributed by atoms with van der Waals surface area (Å²) in [5, 5.41) is 7.61. The summed E-state index contributed by atoms with van der Waals surface area (Å²) >= 11 is 1.95. The molecule has 0 saturated carbocycles. The predicted molar refractivity (Wildman–Crippen MR) is 76.6 cm³/mol. The fourth-order valence-electron chi connectivity index (χ4n) is 2.16. The van der Waals surface area contributed by atoms with Crippen molar-refractivity contribution in [1.82, 2.24) is 15.5 Å². The van der Waals surface area contributed by atoms with Gasteiger partial charge >= 0.3 is 0 Å². The van der Waals surface area contributed by atoms with E-state index >= 15 is 0 Å². The first kappa shape index (κ1) is 14.8. The average Bonchev–Trinajstić information content (AvgIpc) is 3.05. The van der Waals surface area contributed by atoms with Crippen LogP contribution in [0.25, 0.3) is 0 Å². The van der Waals surface area contributed by atoms with Crippen LogP contribution in [0.3, 0.4) is 0 Å². The minimum absolute atomic E-state index is 0.352. The normalized spacial score (nSPS) is 23.1. The van der Waals surface area contributed by atoms with E-state index in [-0.39, 0.29) is 0 Å². The maximum Gasteiger partial charge on any atom is 0.232 e. The van der Waals surface area contributed by atoms with Gasteiger partial charge in [-0.15, -0.1) is 0 Å². The molecule has 0 spiro atoms. The SMILES string of the molecule is CCCNC1CSCC1c1nc(CCOCC)no1. The van der Waals surface area contributed by atoms with Gasteiger partial charge in [0.15, 0.2) is 5.82 Å². The highest BCUT2D eigenvalue weighted by Gasteiger charge is 2.32. The fourth-order valence-corrected chi connectivity index (χ4v) is 3.53. The molecule has 1 fully saturated rings. The first-order valence-electron chi connectivity index (χ1n) is 7.06. The van der Waals surface area contributed by atoms with E-state index in [9.17, 15) is 0 Å². The van der Waals surface area contributed by atoms with Crippen LogP contribution in [-0.2, 0) is 11.2 Å². The zero-order valence-corrected chi connectivity index (χ0v) is 12.5. The molecular weight excluding hydrogens is 262 g/mol. The molecule has 1 aromatic heterocycles. The molecule has 0 aromatic carbocycles. The Hall–Kier alpha value is -0.590. The summed E-state index contributed by atoms with van der Waals surface area (Å²) in [7, 11) is 0. The van der Waals surface area contributed by atoms with Crippen LogP contribution in [0.15, 0.2) is 4.52 Å². The summed E-state index contributed by atoms with van der Waals surface area (Å²) < 4.78 is 10.7. The molecule has 0 radical (unpaired) electrons. The largest absolute Gasteiger partial charge is 0.381 e. The van der Waals surface area contributed by atoms with Crippen molar-refractivity contribution in [2.45, 2.75) is 38.6 Å². The Morgan fingerprint density at radius 3 is 3.11 bits per heavy atom. The van der Waals surface area contributed by atoms with E-state index in [0.717, 1.165) is 49.2 Å². The Bertz CT molecular complexity index is 373. The van der Waals surface area contributed by atoms with Gasteiger partial charge in [-0.25, -0.2) is 0 Å². The fraction of sp³-hybridized carbons (Fsp3) is 0.846. The topological polar surface area (TPSA) is 60.2 Å². The molecule has 2 rings (SSSR count). The Morgan fingerprint density at radius 1 is 1.42 bits per heavy atom. The molecule has 0 bridgehead atoms. The van der Waals surface area contributed by atoms with Gasteiger partial charge in [-0.1, -0.05) is 12.1 Å². The number of hydrogen-bond acceptors (Lipinski definition) is 6. The van der Waals surface area contributed by atoms with E-state index in [2.05, 4.69) is 22.4 Å². The molecule has 1 aromatic rings. The maximum atomic E-state index is 5.42. The van der Waals surface area contributed by atoms with Crippen molar-refractivity contribution in [3.8, 4) is 0 Å². The van der Waals surface area contributed by atoms with E-state index < -0.39 is 0 Å². The van der Waals surface area contributed by atoms with Crippen LogP contribution in [0.2, 0.25) is 0 Å². The van der Waals surface area contributed by atoms with Crippen molar-refractivity contribution >= 4 is 11.8 Å². The third kappa shape index (κ3) is 4.19. The smallest absolute Gasteiger partial charge is 0.232 e. The van der Waals surface area contributed by atoms with Gasteiger partial charge in [0.1, 0.15) is 0 Å². The highest BCUT2D eigenvalue weighted by atomic mass is 32.2. The first-order chi connectivity index (χ1) is 9.35. The van der Waals surface area contributed by atoms with Crippen molar-refractivity contribution in [2.24, 2.45) is 0 Å². The number of thioether (sulfide) groups is 1. The zero-order valence-electron chi connectivity index (χ0n) is 11.7. The number of aromatic nitrogens is 2. The van der Waals surface area contributed by atoms with Crippen molar-refractivity contribution in [1.29, 1.82) is 0 Å². The van der Waals surface area contributed by atoms with Crippen molar-refractivity contribution < 1.29 is 9.26 Å². The quantitative estimate of drug-likeness (QED) is 0.736. The summed E-state index contributed by atoms with van der Waals surface area (Å²) in [6, 6.07) is 0.463. The second-order valence-electron chi connectivity index (χ2n) is 4.70.